The van der Waals surface area contributed by atoms with Crippen molar-refractivity contribution < 1.29 is 14.0 Å². The zero-order valence-corrected chi connectivity index (χ0v) is 11.2. The molecular weight excluding hydrogens is 244 g/mol. The molecule has 0 saturated carbocycles. The molecule has 2 rings (SSSR count). The molecule has 2 N–H and O–H groups in total. The summed E-state index contributed by atoms with van der Waals surface area (Å²) in [6.45, 7) is 5.08. The summed E-state index contributed by atoms with van der Waals surface area (Å²) < 4.78 is 16.3. The first kappa shape index (κ1) is 13.4. The number of ether oxygens (including phenoxy) is 2. The second-order valence-electron chi connectivity index (χ2n) is 4.10. The van der Waals surface area contributed by atoms with Crippen LogP contribution in [0.5, 0.6) is 11.5 Å². The molecule has 0 bridgehead atoms. The maximum absolute atomic E-state index is 5.78. The van der Waals surface area contributed by atoms with Gasteiger partial charge in [-0.15, -0.1) is 0 Å². The number of hydrogen-bond donors (Lipinski definition) is 1. The van der Waals surface area contributed by atoms with Crippen LogP contribution < -0.4 is 15.2 Å². The molecule has 1 aromatic heterocycles. The smallest absolute Gasteiger partial charge is 0.166 e. The number of benzene rings is 1. The van der Waals surface area contributed by atoms with Crippen molar-refractivity contribution in [2.45, 2.75) is 27.0 Å². The Morgan fingerprint density at radius 2 is 2.16 bits per heavy atom. The monoisotopic (exact) mass is 262 g/mol. The van der Waals surface area contributed by atoms with Crippen molar-refractivity contribution in [2.75, 3.05) is 6.61 Å². The first-order chi connectivity index (χ1) is 9.24. The molecule has 19 heavy (non-hydrogen) atoms. The van der Waals surface area contributed by atoms with E-state index < -0.39 is 0 Å². The lowest BCUT2D eigenvalue weighted by molar-refractivity contribution is 0.257. The summed E-state index contributed by atoms with van der Waals surface area (Å²) in [6.07, 6.45) is 0. The Labute approximate surface area is 112 Å². The third kappa shape index (κ3) is 3.26. The van der Waals surface area contributed by atoms with E-state index in [-0.39, 0.29) is 0 Å². The van der Waals surface area contributed by atoms with Gasteiger partial charge in [-0.1, -0.05) is 17.3 Å². The fraction of sp³-hybridized carbons (Fsp3) is 0.357. The van der Waals surface area contributed by atoms with E-state index in [2.05, 4.69) is 5.16 Å². The molecule has 0 aliphatic rings. The van der Waals surface area contributed by atoms with Gasteiger partial charge in [0.25, 0.3) is 0 Å². The first-order valence-electron chi connectivity index (χ1n) is 6.24. The van der Waals surface area contributed by atoms with Gasteiger partial charge in [-0.3, -0.25) is 0 Å². The van der Waals surface area contributed by atoms with Crippen LogP contribution in [0, 0.1) is 6.92 Å². The maximum Gasteiger partial charge on any atom is 0.166 e. The quantitative estimate of drug-likeness (QED) is 0.865. The molecule has 5 nitrogen and oxygen atoms in total. The van der Waals surface area contributed by atoms with Gasteiger partial charge >= 0.3 is 0 Å². The molecule has 0 aliphatic carbocycles. The van der Waals surface area contributed by atoms with Gasteiger partial charge in [0, 0.05) is 18.2 Å². The van der Waals surface area contributed by atoms with Gasteiger partial charge in [-0.2, -0.15) is 0 Å². The largest absolute Gasteiger partial charge is 0.490 e. The Morgan fingerprint density at radius 3 is 2.79 bits per heavy atom. The van der Waals surface area contributed by atoms with E-state index in [1.165, 1.54) is 0 Å². The van der Waals surface area contributed by atoms with Crippen LogP contribution in [0.4, 0.5) is 0 Å². The second kappa shape index (κ2) is 6.24. The highest BCUT2D eigenvalue weighted by molar-refractivity contribution is 5.46. The average Bonchev–Trinajstić information content (AvgIpc) is 2.83. The van der Waals surface area contributed by atoms with E-state index in [1.807, 2.05) is 38.1 Å². The van der Waals surface area contributed by atoms with Crippen molar-refractivity contribution in [3.8, 4) is 11.5 Å². The number of nitrogens with zero attached hydrogens (tertiary/aromatic N) is 1. The molecule has 0 radical (unpaired) electrons. The van der Waals surface area contributed by atoms with Crippen LogP contribution in [0.25, 0.3) is 0 Å². The predicted molar refractivity (Wildman–Crippen MR) is 71.1 cm³/mol. The Bertz CT molecular complexity index is 537. The van der Waals surface area contributed by atoms with Crippen LogP contribution >= 0.6 is 0 Å². The number of aromatic nitrogens is 1. The maximum atomic E-state index is 5.78. The lowest BCUT2D eigenvalue weighted by atomic mass is 10.2. The zero-order valence-electron chi connectivity index (χ0n) is 11.2. The van der Waals surface area contributed by atoms with Crippen molar-refractivity contribution in [3.05, 3.63) is 41.3 Å². The molecule has 1 aromatic carbocycles. The van der Waals surface area contributed by atoms with Crippen molar-refractivity contribution in [3.63, 3.8) is 0 Å². The number of nitrogens with two attached hydrogens (primary N) is 1. The first-order valence-corrected chi connectivity index (χ1v) is 6.24. The molecule has 0 saturated heterocycles. The molecule has 0 fully saturated rings. The van der Waals surface area contributed by atoms with Crippen molar-refractivity contribution >= 4 is 0 Å². The van der Waals surface area contributed by atoms with Gasteiger partial charge < -0.3 is 19.7 Å². The van der Waals surface area contributed by atoms with Gasteiger partial charge in [0.05, 0.1) is 6.61 Å². The van der Waals surface area contributed by atoms with E-state index >= 15 is 0 Å². The third-order valence-corrected chi connectivity index (χ3v) is 2.62. The highest BCUT2D eigenvalue weighted by atomic mass is 16.5. The normalized spacial score (nSPS) is 10.5. The van der Waals surface area contributed by atoms with Crippen LogP contribution in [-0.4, -0.2) is 11.8 Å². The number of para-hydroxylation sites is 1. The third-order valence-electron chi connectivity index (χ3n) is 2.62. The minimum atomic E-state index is 0.328. The summed E-state index contributed by atoms with van der Waals surface area (Å²) in [6, 6.07) is 7.53. The van der Waals surface area contributed by atoms with Crippen molar-refractivity contribution in [1.29, 1.82) is 0 Å². The summed E-state index contributed by atoms with van der Waals surface area (Å²) in [4.78, 5) is 0. The number of rotatable bonds is 6. The molecule has 2 aromatic rings. The van der Waals surface area contributed by atoms with Crippen LogP contribution in [0.2, 0.25) is 0 Å². The molecule has 5 heteroatoms. The zero-order chi connectivity index (χ0) is 13.7. The standard InChI is InChI=1S/C14H18N2O3/c1-3-17-13-6-4-5-11(8-15)14(13)18-9-12-7-10(2)19-16-12/h4-7H,3,8-9,15H2,1-2H3. The minimum Gasteiger partial charge on any atom is -0.490 e. The van der Waals surface area contributed by atoms with Crippen molar-refractivity contribution in [2.24, 2.45) is 5.73 Å². The van der Waals surface area contributed by atoms with Gasteiger partial charge in [-0.25, -0.2) is 0 Å². The minimum absolute atomic E-state index is 0.328. The fourth-order valence-electron chi connectivity index (χ4n) is 1.79. The number of aryl methyl sites for hydroxylation is 1. The van der Waals surface area contributed by atoms with Crippen LogP contribution in [-0.2, 0) is 13.2 Å². The van der Waals surface area contributed by atoms with Crippen LogP contribution in [0.3, 0.4) is 0 Å². The predicted octanol–water partition coefficient (Wildman–Crippen LogP) is 2.42. The van der Waals surface area contributed by atoms with E-state index in [0.29, 0.717) is 31.3 Å². The lowest BCUT2D eigenvalue weighted by Crippen LogP contribution is -2.05. The van der Waals surface area contributed by atoms with Crippen LogP contribution in [0.1, 0.15) is 23.9 Å². The lowest BCUT2D eigenvalue weighted by Gasteiger charge is -2.14. The Morgan fingerprint density at radius 1 is 1.32 bits per heavy atom. The van der Waals surface area contributed by atoms with E-state index in [0.717, 1.165) is 17.0 Å². The van der Waals surface area contributed by atoms with E-state index in [9.17, 15) is 0 Å². The fourth-order valence-corrected chi connectivity index (χ4v) is 1.79. The summed E-state index contributed by atoms with van der Waals surface area (Å²) in [7, 11) is 0. The summed E-state index contributed by atoms with van der Waals surface area (Å²) in [5.41, 5.74) is 7.37. The molecule has 1 heterocycles. The Kier molecular flexibility index (Phi) is 4.41. The number of hydrogen-bond acceptors (Lipinski definition) is 5. The highest BCUT2D eigenvalue weighted by Gasteiger charge is 2.11. The Hall–Kier alpha value is -2.01. The van der Waals surface area contributed by atoms with Gasteiger partial charge in [-0.05, 0) is 19.9 Å². The average molecular weight is 262 g/mol. The summed E-state index contributed by atoms with van der Waals surface area (Å²) >= 11 is 0. The van der Waals surface area contributed by atoms with E-state index in [4.69, 9.17) is 19.7 Å². The Balaban J connectivity index is 2.17. The summed E-state index contributed by atoms with van der Waals surface area (Å²) in [5, 5.41) is 3.89. The SMILES string of the molecule is CCOc1cccc(CN)c1OCc1cc(C)on1. The highest BCUT2D eigenvalue weighted by Crippen LogP contribution is 2.31. The molecular formula is C14H18N2O3. The molecule has 0 spiro atoms. The molecule has 0 unspecified atom stereocenters. The van der Waals surface area contributed by atoms with Gasteiger partial charge in [0.1, 0.15) is 18.1 Å². The van der Waals surface area contributed by atoms with Crippen molar-refractivity contribution in [1.82, 2.24) is 5.16 Å². The molecule has 0 aliphatic heterocycles. The van der Waals surface area contributed by atoms with Crippen LogP contribution in [0.15, 0.2) is 28.8 Å². The molecule has 0 atom stereocenters. The second-order valence-corrected chi connectivity index (χ2v) is 4.10. The molecule has 102 valence electrons. The van der Waals surface area contributed by atoms with Gasteiger partial charge in [0.2, 0.25) is 0 Å². The summed E-state index contributed by atoms with van der Waals surface area (Å²) in [5.74, 6) is 2.13. The van der Waals surface area contributed by atoms with Gasteiger partial charge in [0.15, 0.2) is 11.5 Å². The topological polar surface area (TPSA) is 70.5 Å². The van der Waals surface area contributed by atoms with E-state index in [1.54, 1.807) is 0 Å². The molecule has 0 amide bonds.